The standard InChI is InChI=1S/C34H37Cl2FN4O5/c1-20-16-38(2)9-10-41(20)23-12-27(35)31(28(36)13-23)33(42)40-17-21-6-5-7-24(32(21)46-19-40)25-15-30(39(3)22-8-11-45-18-22)26(14-29(25)37)34(43)44-4/h5-7,12-15,20,22H,8-11,16-19H2,1-4H3/t20-,22-/m1/s1. The lowest BCUT2D eigenvalue weighted by Gasteiger charge is -2.40. The molecule has 3 aromatic carbocycles. The van der Waals surface area contributed by atoms with Gasteiger partial charge in [0.1, 0.15) is 11.6 Å². The summed E-state index contributed by atoms with van der Waals surface area (Å²) in [6, 6.07) is 12.1. The van der Waals surface area contributed by atoms with E-state index in [0.29, 0.717) is 35.8 Å². The van der Waals surface area contributed by atoms with Crippen molar-refractivity contribution in [3.05, 3.63) is 75.0 Å². The molecule has 0 radical (unpaired) electrons. The minimum atomic E-state index is -0.630. The number of likely N-dealkylation sites (N-methyl/N-ethyl adjacent to an activating group) is 2. The Morgan fingerprint density at radius 2 is 1.85 bits per heavy atom. The highest BCUT2D eigenvalue weighted by molar-refractivity contribution is 6.40. The highest BCUT2D eigenvalue weighted by Gasteiger charge is 2.31. The van der Waals surface area contributed by atoms with E-state index in [0.717, 1.165) is 31.7 Å². The Bertz CT molecular complexity index is 1640. The first-order valence-electron chi connectivity index (χ1n) is 15.3. The van der Waals surface area contributed by atoms with Crippen LogP contribution in [0.15, 0.2) is 42.5 Å². The minimum Gasteiger partial charge on any atom is -0.472 e. The van der Waals surface area contributed by atoms with Crippen LogP contribution in [0.3, 0.4) is 0 Å². The molecule has 9 nitrogen and oxygen atoms in total. The zero-order chi connectivity index (χ0) is 32.7. The molecular weight excluding hydrogens is 634 g/mol. The zero-order valence-electron chi connectivity index (χ0n) is 26.3. The van der Waals surface area contributed by atoms with E-state index in [9.17, 15) is 9.59 Å². The molecule has 2 atom stereocenters. The quantitative estimate of drug-likeness (QED) is 0.298. The Morgan fingerprint density at radius 3 is 2.52 bits per heavy atom. The van der Waals surface area contributed by atoms with Gasteiger partial charge in [0, 0.05) is 61.7 Å². The smallest absolute Gasteiger partial charge is 0.340 e. The molecule has 3 aromatic rings. The van der Waals surface area contributed by atoms with Crippen molar-refractivity contribution in [2.75, 3.05) is 70.6 Å². The number of para-hydroxylation sites is 1. The van der Waals surface area contributed by atoms with Crippen LogP contribution in [0.25, 0.3) is 11.1 Å². The normalized spacial score (nSPS) is 19.9. The number of fused-ring (bicyclic) bond motifs is 1. The molecule has 0 N–H and O–H groups in total. The van der Waals surface area contributed by atoms with Crippen molar-refractivity contribution in [1.29, 1.82) is 0 Å². The Morgan fingerprint density at radius 1 is 1.09 bits per heavy atom. The van der Waals surface area contributed by atoms with Gasteiger partial charge < -0.3 is 33.8 Å². The lowest BCUT2D eigenvalue weighted by molar-refractivity contribution is 0.0515. The van der Waals surface area contributed by atoms with Crippen LogP contribution in [0.4, 0.5) is 15.8 Å². The number of esters is 1. The lowest BCUT2D eigenvalue weighted by Crippen LogP contribution is -2.50. The van der Waals surface area contributed by atoms with Gasteiger partial charge in [0.15, 0.2) is 6.73 Å². The number of benzene rings is 3. The molecule has 0 spiro atoms. The number of rotatable bonds is 6. The van der Waals surface area contributed by atoms with Crippen LogP contribution in [-0.2, 0) is 16.0 Å². The summed E-state index contributed by atoms with van der Waals surface area (Å²) in [7, 11) is 5.23. The second-order valence-electron chi connectivity index (χ2n) is 12.1. The predicted octanol–water partition coefficient (Wildman–Crippen LogP) is 5.94. The van der Waals surface area contributed by atoms with E-state index in [-0.39, 0.29) is 58.0 Å². The van der Waals surface area contributed by atoms with Gasteiger partial charge in [-0.25, -0.2) is 9.18 Å². The molecule has 244 valence electrons. The largest absolute Gasteiger partial charge is 0.472 e. The summed E-state index contributed by atoms with van der Waals surface area (Å²) in [6.07, 6.45) is 0.781. The molecular formula is C34H37Cl2FN4O5. The highest BCUT2D eigenvalue weighted by Crippen LogP contribution is 2.41. The molecule has 2 fully saturated rings. The van der Waals surface area contributed by atoms with E-state index in [2.05, 4.69) is 23.8 Å². The van der Waals surface area contributed by atoms with E-state index in [1.165, 1.54) is 18.1 Å². The molecule has 0 aliphatic carbocycles. The summed E-state index contributed by atoms with van der Waals surface area (Å²) in [5.41, 5.74) is 3.23. The maximum absolute atomic E-state index is 15.7. The number of hydrogen-bond acceptors (Lipinski definition) is 8. The van der Waals surface area contributed by atoms with Gasteiger partial charge in [-0.05, 0) is 44.7 Å². The third-order valence-electron chi connectivity index (χ3n) is 9.13. The summed E-state index contributed by atoms with van der Waals surface area (Å²) in [4.78, 5) is 34.4. The average Bonchev–Trinajstić information content (AvgIpc) is 3.58. The number of ether oxygens (including phenoxy) is 3. The number of halogens is 3. The van der Waals surface area contributed by atoms with Crippen LogP contribution < -0.4 is 14.5 Å². The minimum absolute atomic E-state index is 0.0277. The summed E-state index contributed by atoms with van der Waals surface area (Å²) < 4.78 is 32.4. The summed E-state index contributed by atoms with van der Waals surface area (Å²) in [6.45, 7) is 6.05. The Balaban J connectivity index is 1.28. The Hall–Kier alpha value is -3.57. The first-order valence-corrected chi connectivity index (χ1v) is 16.0. The fraction of sp³-hybridized carbons (Fsp3) is 0.412. The summed E-state index contributed by atoms with van der Waals surface area (Å²) in [5.74, 6) is -1.12. The lowest BCUT2D eigenvalue weighted by atomic mass is 9.96. The summed E-state index contributed by atoms with van der Waals surface area (Å²) >= 11 is 13.4. The number of hydrogen-bond donors (Lipinski definition) is 0. The maximum Gasteiger partial charge on any atom is 0.340 e. The van der Waals surface area contributed by atoms with Crippen LogP contribution in [0.5, 0.6) is 5.75 Å². The molecule has 0 aromatic heterocycles. The highest BCUT2D eigenvalue weighted by atomic mass is 35.5. The van der Waals surface area contributed by atoms with Gasteiger partial charge >= 0.3 is 5.97 Å². The fourth-order valence-corrected chi connectivity index (χ4v) is 7.22. The van der Waals surface area contributed by atoms with Gasteiger partial charge in [-0.3, -0.25) is 4.79 Å². The first-order chi connectivity index (χ1) is 22.1. The van der Waals surface area contributed by atoms with Crippen LogP contribution >= 0.6 is 23.2 Å². The van der Waals surface area contributed by atoms with Crippen LogP contribution in [0, 0.1) is 5.82 Å². The number of amides is 1. The van der Waals surface area contributed by atoms with Gasteiger partial charge in [-0.2, -0.15) is 0 Å². The third-order valence-corrected chi connectivity index (χ3v) is 9.72. The molecule has 3 heterocycles. The van der Waals surface area contributed by atoms with E-state index in [1.807, 2.05) is 18.0 Å². The SMILES string of the molecule is COC(=O)c1cc(F)c(-c2cccc3c2OCN(C(=O)c2c(Cl)cc(N4CCN(C)C[C@H]4C)cc2Cl)C3)cc1N(C)[C@@H]1CCOC1. The van der Waals surface area contributed by atoms with E-state index >= 15 is 4.39 Å². The Labute approximate surface area is 278 Å². The second-order valence-corrected chi connectivity index (χ2v) is 12.9. The van der Waals surface area contributed by atoms with Crippen LogP contribution in [0.1, 0.15) is 39.6 Å². The number of carbonyl (C=O) groups excluding carboxylic acids is 2. The van der Waals surface area contributed by atoms with Crippen molar-refractivity contribution in [3.63, 3.8) is 0 Å². The van der Waals surface area contributed by atoms with Crippen molar-refractivity contribution in [1.82, 2.24) is 9.80 Å². The van der Waals surface area contributed by atoms with Crippen molar-refractivity contribution in [3.8, 4) is 16.9 Å². The fourth-order valence-electron chi connectivity index (χ4n) is 6.59. The molecule has 0 unspecified atom stereocenters. The summed E-state index contributed by atoms with van der Waals surface area (Å²) in [5, 5.41) is 0.547. The topological polar surface area (TPSA) is 74.8 Å². The van der Waals surface area contributed by atoms with Crippen molar-refractivity contribution in [2.24, 2.45) is 0 Å². The first kappa shape index (κ1) is 32.4. The van der Waals surface area contributed by atoms with Gasteiger partial charge in [0.2, 0.25) is 0 Å². The van der Waals surface area contributed by atoms with Crippen molar-refractivity contribution >= 4 is 46.5 Å². The van der Waals surface area contributed by atoms with E-state index in [4.69, 9.17) is 37.4 Å². The second kappa shape index (κ2) is 13.3. The molecule has 12 heteroatoms. The van der Waals surface area contributed by atoms with E-state index in [1.54, 1.807) is 30.3 Å². The van der Waals surface area contributed by atoms with Gasteiger partial charge in [0.25, 0.3) is 5.91 Å². The predicted molar refractivity (Wildman–Crippen MR) is 177 cm³/mol. The maximum atomic E-state index is 15.7. The number of anilines is 2. The molecule has 46 heavy (non-hydrogen) atoms. The van der Waals surface area contributed by atoms with Gasteiger partial charge in [-0.15, -0.1) is 0 Å². The zero-order valence-corrected chi connectivity index (χ0v) is 27.8. The van der Waals surface area contributed by atoms with Gasteiger partial charge in [0.05, 0.1) is 53.2 Å². The van der Waals surface area contributed by atoms with Crippen molar-refractivity contribution < 1.29 is 28.2 Å². The molecule has 0 saturated carbocycles. The average molecular weight is 672 g/mol. The molecule has 6 rings (SSSR count). The van der Waals surface area contributed by atoms with Gasteiger partial charge in [-0.1, -0.05) is 41.4 Å². The third kappa shape index (κ3) is 6.11. The molecule has 3 aliphatic heterocycles. The van der Waals surface area contributed by atoms with Crippen LogP contribution in [-0.4, -0.2) is 94.5 Å². The number of piperazine rings is 1. The van der Waals surface area contributed by atoms with E-state index < -0.39 is 11.8 Å². The molecule has 3 aliphatic rings. The number of nitrogens with zero attached hydrogens (tertiary/aromatic N) is 4. The Kier molecular flexibility index (Phi) is 9.34. The molecule has 1 amide bonds. The van der Waals surface area contributed by atoms with Crippen LogP contribution in [0.2, 0.25) is 10.0 Å². The number of methoxy groups -OCH3 is 1. The monoisotopic (exact) mass is 670 g/mol. The molecule has 2 saturated heterocycles. The number of carbonyl (C=O) groups is 2. The molecule has 0 bridgehead atoms. The van der Waals surface area contributed by atoms with Crippen molar-refractivity contribution in [2.45, 2.75) is 32.0 Å².